The fourth-order valence-corrected chi connectivity index (χ4v) is 2.25. The number of nitrogens with one attached hydrogen (secondary N) is 2. The van der Waals surface area contributed by atoms with Crippen molar-refractivity contribution in [3.05, 3.63) is 35.4 Å². The number of carboxylic acid groups (broad SMARTS) is 2. The van der Waals surface area contributed by atoms with E-state index in [-0.39, 0.29) is 12.3 Å². The van der Waals surface area contributed by atoms with Crippen LogP contribution in [-0.2, 0) is 16.0 Å². The van der Waals surface area contributed by atoms with Crippen molar-refractivity contribution in [3.8, 4) is 0 Å². The largest absolute Gasteiger partial charge is 0.480 e. The molecular formula is C16H22N2O4. The number of aliphatic carboxylic acids is 2. The van der Waals surface area contributed by atoms with E-state index in [1.165, 1.54) is 0 Å². The van der Waals surface area contributed by atoms with Gasteiger partial charge in [-0.05, 0) is 29.9 Å². The fraction of sp³-hybridized carbons (Fsp3) is 0.438. The van der Waals surface area contributed by atoms with Crippen molar-refractivity contribution in [2.75, 3.05) is 0 Å². The summed E-state index contributed by atoms with van der Waals surface area (Å²) >= 11 is 0. The van der Waals surface area contributed by atoms with Crippen molar-refractivity contribution >= 4 is 18.2 Å². The van der Waals surface area contributed by atoms with E-state index in [0.29, 0.717) is 17.5 Å². The Balaban J connectivity index is 2.91. The third kappa shape index (κ3) is 5.29. The molecule has 0 aliphatic heterocycles. The second-order valence-electron chi connectivity index (χ2n) is 5.63. The van der Waals surface area contributed by atoms with E-state index in [1.54, 1.807) is 24.3 Å². The molecule has 6 heteroatoms. The van der Waals surface area contributed by atoms with Gasteiger partial charge in [-0.3, -0.25) is 14.9 Å². The summed E-state index contributed by atoms with van der Waals surface area (Å²) in [5.74, 6) is -2.02. The first-order valence-corrected chi connectivity index (χ1v) is 7.15. The van der Waals surface area contributed by atoms with Crippen molar-refractivity contribution < 1.29 is 19.8 Å². The molecule has 0 unspecified atom stereocenters. The maximum Gasteiger partial charge on any atom is 0.321 e. The van der Waals surface area contributed by atoms with Gasteiger partial charge in [0.2, 0.25) is 0 Å². The fourth-order valence-electron chi connectivity index (χ4n) is 2.25. The smallest absolute Gasteiger partial charge is 0.321 e. The first-order valence-electron chi connectivity index (χ1n) is 7.15. The molecule has 0 spiro atoms. The van der Waals surface area contributed by atoms with Crippen LogP contribution in [0.3, 0.4) is 0 Å². The summed E-state index contributed by atoms with van der Waals surface area (Å²) in [4.78, 5) is 22.7. The molecule has 0 radical (unpaired) electrons. The second kappa shape index (κ2) is 8.29. The minimum absolute atomic E-state index is 0.128. The number of hydrogen-bond acceptors (Lipinski definition) is 4. The van der Waals surface area contributed by atoms with Gasteiger partial charge < -0.3 is 15.6 Å². The third-order valence-corrected chi connectivity index (χ3v) is 3.34. The molecule has 0 saturated carbocycles. The monoisotopic (exact) mass is 306 g/mol. The highest BCUT2D eigenvalue weighted by Gasteiger charge is 2.27. The molecule has 1 aromatic rings. The lowest BCUT2D eigenvalue weighted by atomic mass is 9.98. The Kier molecular flexibility index (Phi) is 6.72. The molecule has 22 heavy (non-hydrogen) atoms. The van der Waals surface area contributed by atoms with Crippen molar-refractivity contribution in [2.24, 2.45) is 5.92 Å². The summed E-state index contributed by atoms with van der Waals surface area (Å²) in [6.07, 6.45) is 1.64. The average molecular weight is 306 g/mol. The Morgan fingerprint density at radius 2 is 1.77 bits per heavy atom. The minimum Gasteiger partial charge on any atom is -0.480 e. The van der Waals surface area contributed by atoms with Crippen LogP contribution >= 0.6 is 0 Å². The Morgan fingerprint density at radius 3 is 2.27 bits per heavy atom. The topological polar surface area (TPSA) is 110 Å². The van der Waals surface area contributed by atoms with Crippen LogP contribution in [0.5, 0.6) is 0 Å². The van der Waals surface area contributed by atoms with Gasteiger partial charge in [-0.25, -0.2) is 0 Å². The van der Waals surface area contributed by atoms with Crippen molar-refractivity contribution in [1.29, 1.82) is 5.41 Å². The quantitative estimate of drug-likeness (QED) is 0.520. The van der Waals surface area contributed by atoms with Crippen LogP contribution in [0.25, 0.3) is 0 Å². The van der Waals surface area contributed by atoms with Crippen LogP contribution in [0.2, 0.25) is 0 Å². The van der Waals surface area contributed by atoms with Gasteiger partial charge in [0.15, 0.2) is 0 Å². The van der Waals surface area contributed by atoms with E-state index < -0.39 is 24.0 Å². The first-order chi connectivity index (χ1) is 10.3. The molecule has 0 aliphatic rings. The summed E-state index contributed by atoms with van der Waals surface area (Å²) in [6.45, 7) is 3.77. The highest BCUT2D eigenvalue weighted by Crippen LogP contribution is 2.12. The first kappa shape index (κ1) is 17.8. The maximum absolute atomic E-state index is 11.4. The summed E-state index contributed by atoms with van der Waals surface area (Å²) in [5.41, 5.74) is 1.33. The molecule has 0 fully saturated rings. The van der Waals surface area contributed by atoms with E-state index in [0.717, 1.165) is 6.21 Å². The summed E-state index contributed by atoms with van der Waals surface area (Å²) in [6, 6.07) is 5.09. The third-order valence-electron chi connectivity index (χ3n) is 3.34. The Hall–Kier alpha value is -2.21. The van der Waals surface area contributed by atoms with Gasteiger partial charge in [-0.2, -0.15) is 0 Å². The van der Waals surface area contributed by atoms with Gasteiger partial charge in [-0.1, -0.05) is 38.1 Å². The molecular weight excluding hydrogens is 284 g/mol. The highest BCUT2D eigenvalue weighted by atomic mass is 16.4. The molecule has 4 N–H and O–H groups in total. The number of carboxylic acids is 2. The number of hydrogen-bond donors (Lipinski definition) is 4. The molecule has 2 atom stereocenters. The molecule has 0 amide bonds. The summed E-state index contributed by atoms with van der Waals surface area (Å²) in [5, 5.41) is 28.6. The van der Waals surface area contributed by atoms with Crippen LogP contribution in [0.1, 0.15) is 31.4 Å². The number of benzene rings is 1. The molecule has 6 nitrogen and oxygen atoms in total. The molecule has 0 heterocycles. The molecule has 0 bridgehead atoms. The minimum atomic E-state index is -1.10. The van der Waals surface area contributed by atoms with Gasteiger partial charge in [0.1, 0.15) is 12.1 Å². The lowest BCUT2D eigenvalue weighted by Gasteiger charge is -2.22. The van der Waals surface area contributed by atoms with E-state index in [9.17, 15) is 19.8 Å². The lowest BCUT2D eigenvalue weighted by Crippen LogP contribution is -2.48. The molecule has 0 saturated heterocycles. The Labute approximate surface area is 129 Å². The zero-order valence-electron chi connectivity index (χ0n) is 12.7. The zero-order chi connectivity index (χ0) is 16.7. The summed E-state index contributed by atoms with van der Waals surface area (Å²) in [7, 11) is 0. The SMILES string of the molecule is CC(C)C[C@H](N[C@@H](Cc1ccccc1C=N)C(=O)O)C(=O)O. The van der Waals surface area contributed by atoms with E-state index in [2.05, 4.69) is 5.32 Å². The van der Waals surface area contributed by atoms with E-state index in [4.69, 9.17) is 5.41 Å². The average Bonchev–Trinajstić information content (AvgIpc) is 2.45. The summed E-state index contributed by atoms with van der Waals surface area (Å²) < 4.78 is 0. The highest BCUT2D eigenvalue weighted by molar-refractivity contribution is 5.81. The predicted molar refractivity (Wildman–Crippen MR) is 83.5 cm³/mol. The Bertz CT molecular complexity index is 543. The number of rotatable bonds is 9. The zero-order valence-corrected chi connectivity index (χ0v) is 12.7. The van der Waals surface area contributed by atoms with Crippen molar-refractivity contribution in [3.63, 3.8) is 0 Å². The van der Waals surface area contributed by atoms with Gasteiger partial charge >= 0.3 is 11.9 Å². The van der Waals surface area contributed by atoms with Crippen LogP contribution in [-0.4, -0.2) is 40.4 Å². The number of carbonyl (C=O) groups is 2. The second-order valence-corrected chi connectivity index (χ2v) is 5.63. The molecule has 1 rings (SSSR count). The predicted octanol–water partition coefficient (Wildman–Crippen LogP) is 1.77. The van der Waals surface area contributed by atoms with Gasteiger partial charge in [0, 0.05) is 6.21 Å². The van der Waals surface area contributed by atoms with Crippen molar-refractivity contribution in [1.82, 2.24) is 5.32 Å². The molecule has 0 aliphatic carbocycles. The normalized spacial score (nSPS) is 13.6. The molecule has 120 valence electrons. The van der Waals surface area contributed by atoms with Crippen LogP contribution in [0.15, 0.2) is 24.3 Å². The molecule has 0 aromatic heterocycles. The molecule has 1 aromatic carbocycles. The maximum atomic E-state index is 11.4. The van der Waals surface area contributed by atoms with Crippen molar-refractivity contribution in [2.45, 2.75) is 38.8 Å². The van der Waals surface area contributed by atoms with Gasteiger partial charge in [0.05, 0.1) is 0 Å². The Morgan fingerprint density at radius 1 is 1.18 bits per heavy atom. The lowest BCUT2D eigenvalue weighted by molar-refractivity contribution is -0.142. The van der Waals surface area contributed by atoms with Crippen LogP contribution in [0.4, 0.5) is 0 Å². The van der Waals surface area contributed by atoms with E-state index in [1.807, 2.05) is 13.8 Å². The van der Waals surface area contributed by atoms with Gasteiger partial charge in [0.25, 0.3) is 0 Å². The van der Waals surface area contributed by atoms with Gasteiger partial charge in [-0.15, -0.1) is 0 Å². The van der Waals surface area contributed by atoms with Crippen LogP contribution < -0.4 is 5.32 Å². The standard InChI is InChI=1S/C16H22N2O4/c1-10(2)7-13(15(19)20)18-14(16(21)22)8-11-5-3-4-6-12(11)9-17/h3-6,9-10,13-14,17-18H,7-8H2,1-2H3,(H,19,20)(H,21,22)/t13-,14-/m0/s1. The van der Waals surface area contributed by atoms with Crippen LogP contribution in [0, 0.1) is 11.3 Å². The van der Waals surface area contributed by atoms with E-state index >= 15 is 0 Å².